The molecule has 0 radical (unpaired) electrons. The molecule has 1 unspecified atom stereocenters. The van der Waals surface area contributed by atoms with Crippen molar-refractivity contribution in [1.29, 1.82) is 0 Å². The summed E-state index contributed by atoms with van der Waals surface area (Å²) >= 11 is 7.28. The Kier molecular flexibility index (Phi) is 5.50. The number of carbonyl (C=O) groups is 2. The van der Waals surface area contributed by atoms with E-state index in [1.165, 1.54) is 16.4 Å². The Morgan fingerprint density at radius 1 is 1.28 bits per heavy atom. The third-order valence-corrected chi connectivity index (χ3v) is 5.59. The lowest BCUT2D eigenvalue weighted by atomic mass is 10.2. The topological polar surface area (TPSA) is 93.0 Å². The second-order valence-corrected chi connectivity index (χ2v) is 7.90. The van der Waals surface area contributed by atoms with Crippen molar-refractivity contribution in [1.82, 2.24) is 20.2 Å². The molecule has 2 aromatic carbocycles. The number of benzene rings is 2. The van der Waals surface area contributed by atoms with Crippen molar-refractivity contribution in [2.24, 2.45) is 0 Å². The Labute approximate surface area is 176 Å². The normalized spacial score (nSPS) is 16.1. The summed E-state index contributed by atoms with van der Waals surface area (Å²) in [6.45, 7) is 1.86. The highest BCUT2D eigenvalue weighted by molar-refractivity contribution is 7.99. The molecule has 0 fully saturated rings. The maximum atomic E-state index is 13.1. The van der Waals surface area contributed by atoms with E-state index in [4.69, 9.17) is 11.6 Å². The first-order chi connectivity index (χ1) is 14.0. The molecule has 1 N–H and O–H groups in total. The van der Waals surface area contributed by atoms with Crippen LogP contribution in [0.2, 0.25) is 5.02 Å². The first-order valence-electron chi connectivity index (χ1n) is 8.91. The number of tetrazole rings is 1. The summed E-state index contributed by atoms with van der Waals surface area (Å²) in [6, 6.07) is 14.2. The SMILES string of the molecule is CC1CC(=O)Nc2ccccc2N1C(=O)CSc1nnnn1-c1cccc(Cl)c1. The van der Waals surface area contributed by atoms with Gasteiger partial charge in [-0.25, -0.2) is 0 Å². The minimum absolute atomic E-state index is 0.113. The first-order valence-corrected chi connectivity index (χ1v) is 10.3. The maximum Gasteiger partial charge on any atom is 0.237 e. The van der Waals surface area contributed by atoms with Crippen LogP contribution in [0.25, 0.3) is 5.69 Å². The number of amides is 2. The third kappa shape index (κ3) is 4.10. The molecule has 1 aromatic heterocycles. The van der Waals surface area contributed by atoms with Crippen LogP contribution in [0.3, 0.4) is 0 Å². The standard InChI is InChI=1S/C19H17ClN6O2S/c1-12-9-17(27)21-15-7-2-3-8-16(15)25(12)18(28)11-29-19-22-23-24-26(19)14-6-4-5-13(20)10-14/h2-8,10,12H,9,11H2,1H3,(H,21,27). The summed E-state index contributed by atoms with van der Waals surface area (Å²) in [5, 5.41) is 15.6. The van der Waals surface area contributed by atoms with E-state index >= 15 is 0 Å². The van der Waals surface area contributed by atoms with Crippen molar-refractivity contribution in [2.45, 2.75) is 24.5 Å². The molecule has 8 nitrogen and oxygen atoms in total. The van der Waals surface area contributed by atoms with Gasteiger partial charge in [-0.2, -0.15) is 4.68 Å². The predicted octanol–water partition coefficient (Wildman–Crippen LogP) is 3.17. The van der Waals surface area contributed by atoms with Crippen molar-refractivity contribution in [3.8, 4) is 5.69 Å². The Balaban J connectivity index is 1.55. The zero-order valence-electron chi connectivity index (χ0n) is 15.4. The van der Waals surface area contributed by atoms with Crippen molar-refractivity contribution in [2.75, 3.05) is 16.0 Å². The van der Waals surface area contributed by atoms with Crippen LogP contribution >= 0.6 is 23.4 Å². The van der Waals surface area contributed by atoms with Gasteiger partial charge in [0.15, 0.2) is 0 Å². The summed E-state index contributed by atoms with van der Waals surface area (Å²) in [6.07, 6.45) is 0.228. The van der Waals surface area contributed by atoms with Crippen molar-refractivity contribution >= 4 is 46.6 Å². The first kappa shape index (κ1) is 19.4. The van der Waals surface area contributed by atoms with E-state index < -0.39 is 0 Å². The van der Waals surface area contributed by atoms with E-state index in [-0.39, 0.29) is 30.0 Å². The van der Waals surface area contributed by atoms with Crippen molar-refractivity contribution < 1.29 is 9.59 Å². The molecule has 4 rings (SSSR count). The summed E-state index contributed by atoms with van der Waals surface area (Å²) in [5.41, 5.74) is 2.02. The average Bonchev–Trinajstić information content (AvgIpc) is 3.11. The monoisotopic (exact) mass is 428 g/mol. The molecule has 2 heterocycles. The molecular formula is C19H17ClN6O2S. The Hall–Kier alpha value is -2.91. The minimum Gasteiger partial charge on any atom is -0.324 e. The van der Waals surface area contributed by atoms with Gasteiger partial charge < -0.3 is 10.2 Å². The third-order valence-electron chi connectivity index (χ3n) is 4.45. The summed E-state index contributed by atoms with van der Waals surface area (Å²) in [4.78, 5) is 26.9. The van der Waals surface area contributed by atoms with Crippen LogP contribution in [0.1, 0.15) is 13.3 Å². The van der Waals surface area contributed by atoms with Crippen LogP contribution in [0, 0.1) is 0 Å². The lowest BCUT2D eigenvalue weighted by Gasteiger charge is -2.27. The fourth-order valence-corrected chi connectivity index (χ4v) is 4.14. The second kappa shape index (κ2) is 8.22. The van der Waals surface area contributed by atoms with Crippen LogP contribution in [-0.4, -0.2) is 43.8 Å². The van der Waals surface area contributed by atoms with Gasteiger partial charge >= 0.3 is 0 Å². The number of fused-ring (bicyclic) bond motifs is 1. The zero-order chi connectivity index (χ0) is 20.4. The molecule has 0 saturated carbocycles. The average molecular weight is 429 g/mol. The molecule has 0 bridgehead atoms. The summed E-state index contributed by atoms with van der Waals surface area (Å²) < 4.78 is 1.54. The molecule has 29 heavy (non-hydrogen) atoms. The summed E-state index contributed by atoms with van der Waals surface area (Å²) in [7, 11) is 0. The molecule has 0 saturated heterocycles. The van der Waals surface area contributed by atoms with E-state index in [0.717, 1.165) is 0 Å². The van der Waals surface area contributed by atoms with Gasteiger partial charge in [0.05, 0.1) is 22.8 Å². The van der Waals surface area contributed by atoms with E-state index in [2.05, 4.69) is 20.8 Å². The van der Waals surface area contributed by atoms with E-state index in [1.54, 1.807) is 29.2 Å². The van der Waals surface area contributed by atoms with Crippen LogP contribution in [0.5, 0.6) is 0 Å². The molecule has 10 heteroatoms. The maximum absolute atomic E-state index is 13.1. The number of hydrogen-bond donors (Lipinski definition) is 1. The van der Waals surface area contributed by atoms with E-state index in [1.807, 2.05) is 31.2 Å². The quantitative estimate of drug-likeness (QED) is 0.641. The van der Waals surface area contributed by atoms with Gasteiger partial charge in [0.1, 0.15) is 0 Å². The van der Waals surface area contributed by atoms with Gasteiger partial charge in [-0.15, -0.1) is 5.10 Å². The highest BCUT2D eigenvalue weighted by Crippen LogP contribution is 2.32. The van der Waals surface area contributed by atoms with E-state index in [0.29, 0.717) is 27.2 Å². The molecular weight excluding hydrogens is 412 g/mol. The number of nitrogens with zero attached hydrogens (tertiary/aromatic N) is 5. The molecule has 0 aliphatic carbocycles. The fraction of sp³-hybridized carbons (Fsp3) is 0.211. The van der Waals surface area contributed by atoms with Gasteiger partial charge in [-0.3, -0.25) is 9.59 Å². The number of halogens is 1. The lowest BCUT2D eigenvalue weighted by Crippen LogP contribution is -2.40. The number of anilines is 2. The fourth-order valence-electron chi connectivity index (χ4n) is 3.20. The molecule has 3 aromatic rings. The molecule has 1 aliphatic heterocycles. The molecule has 0 spiro atoms. The number of hydrogen-bond acceptors (Lipinski definition) is 6. The molecule has 1 atom stereocenters. The number of para-hydroxylation sites is 2. The Morgan fingerprint density at radius 2 is 2.10 bits per heavy atom. The smallest absolute Gasteiger partial charge is 0.237 e. The largest absolute Gasteiger partial charge is 0.324 e. The summed E-state index contributed by atoms with van der Waals surface area (Å²) in [5.74, 6) is -0.127. The van der Waals surface area contributed by atoms with Crippen LogP contribution in [-0.2, 0) is 9.59 Å². The molecule has 2 amide bonds. The molecule has 148 valence electrons. The van der Waals surface area contributed by atoms with Crippen molar-refractivity contribution in [3.63, 3.8) is 0 Å². The van der Waals surface area contributed by atoms with Gasteiger partial charge in [-0.1, -0.05) is 41.6 Å². The number of thioether (sulfide) groups is 1. The van der Waals surface area contributed by atoms with Crippen LogP contribution in [0.4, 0.5) is 11.4 Å². The minimum atomic E-state index is -0.268. The Bertz CT molecular complexity index is 1070. The van der Waals surface area contributed by atoms with Gasteiger partial charge in [0.2, 0.25) is 17.0 Å². The molecule has 1 aliphatic rings. The lowest BCUT2D eigenvalue weighted by molar-refractivity contribution is -0.117. The number of carbonyl (C=O) groups excluding carboxylic acids is 2. The van der Waals surface area contributed by atoms with Crippen LogP contribution < -0.4 is 10.2 Å². The van der Waals surface area contributed by atoms with Gasteiger partial charge in [-0.05, 0) is 47.7 Å². The highest BCUT2D eigenvalue weighted by Gasteiger charge is 2.29. The zero-order valence-corrected chi connectivity index (χ0v) is 17.0. The van der Waals surface area contributed by atoms with Gasteiger partial charge in [0, 0.05) is 17.5 Å². The predicted molar refractivity (Wildman–Crippen MR) is 112 cm³/mol. The number of aromatic nitrogens is 4. The highest BCUT2D eigenvalue weighted by atomic mass is 35.5. The second-order valence-electron chi connectivity index (χ2n) is 6.52. The number of rotatable bonds is 4. The number of nitrogens with one attached hydrogen (secondary N) is 1. The Morgan fingerprint density at radius 3 is 2.93 bits per heavy atom. The van der Waals surface area contributed by atoms with Crippen LogP contribution in [0.15, 0.2) is 53.7 Å². The van der Waals surface area contributed by atoms with E-state index in [9.17, 15) is 9.59 Å². The van der Waals surface area contributed by atoms with Crippen molar-refractivity contribution in [3.05, 3.63) is 53.6 Å². The van der Waals surface area contributed by atoms with Gasteiger partial charge in [0.25, 0.3) is 0 Å².